The normalized spacial score (nSPS) is 13.4. The molecule has 0 fully saturated rings. The molecule has 3 rings (SSSR count). The van der Waals surface area contributed by atoms with Crippen molar-refractivity contribution in [1.82, 2.24) is 9.88 Å². The van der Waals surface area contributed by atoms with Crippen molar-refractivity contribution in [3.8, 4) is 22.8 Å². The highest BCUT2D eigenvalue weighted by atomic mass is 28.4. The predicted molar refractivity (Wildman–Crippen MR) is 184 cm³/mol. The summed E-state index contributed by atoms with van der Waals surface area (Å²) in [6.07, 6.45) is -7.99. The average Bonchev–Trinajstić information content (AvgIpc) is 3.02. The van der Waals surface area contributed by atoms with Crippen LogP contribution in [0.25, 0.3) is 11.3 Å². The lowest BCUT2D eigenvalue weighted by atomic mass is 9.98. The minimum absolute atomic E-state index is 0.0567. The van der Waals surface area contributed by atoms with Crippen molar-refractivity contribution in [2.24, 2.45) is 5.92 Å². The number of alkyl halides is 3. The number of aromatic nitrogens is 1. The molecule has 0 radical (unpaired) electrons. The number of nitrogens with one attached hydrogen (secondary N) is 2. The van der Waals surface area contributed by atoms with E-state index in [1.165, 1.54) is 26.4 Å². The van der Waals surface area contributed by atoms with Crippen molar-refractivity contribution in [3.63, 3.8) is 0 Å². The summed E-state index contributed by atoms with van der Waals surface area (Å²) in [6, 6.07) is 15.1. The number of benzene rings is 2. The van der Waals surface area contributed by atoms with Crippen LogP contribution in [0.2, 0.25) is 18.1 Å². The number of methoxy groups -OCH3 is 2. The van der Waals surface area contributed by atoms with Gasteiger partial charge in [0.2, 0.25) is 5.91 Å². The average molecular weight is 706 g/mol. The van der Waals surface area contributed by atoms with Crippen molar-refractivity contribution in [2.45, 2.75) is 84.2 Å². The van der Waals surface area contributed by atoms with Crippen LogP contribution in [0.1, 0.15) is 40.2 Å². The van der Waals surface area contributed by atoms with E-state index in [0.717, 1.165) is 10.1 Å². The second-order valence-electron chi connectivity index (χ2n) is 13.5. The summed E-state index contributed by atoms with van der Waals surface area (Å²) in [7, 11) is -0.0527. The van der Waals surface area contributed by atoms with Crippen LogP contribution in [0.15, 0.2) is 65.5 Å². The molecule has 2 amide bonds. The number of hydrogen-bond acceptors (Lipinski definition) is 7. The molecule has 2 aromatic carbocycles. The van der Waals surface area contributed by atoms with Crippen LogP contribution in [0, 0.1) is 5.92 Å². The van der Waals surface area contributed by atoms with E-state index in [1.54, 1.807) is 69.4 Å². The van der Waals surface area contributed by atoms with Gasteiger partial charge in [-0.05, 0) is 53.9 Å². The zero-order chi connectivity index (χ0) is 36.7. The highest BCUT2D eigenvalue weighted by Gasteiger charge is 2.52. The maximum Gasteiger partial charge on any atom is 0.415 e. The van der Waals surface area contributed by atoms with E-state index in [0.29, 0.717) is 17.1 Å². The van der Waals surface area contributed by atoms with Crippen LogP contribution >= 0.6 is 0 Å². The number of amides is 2. The van der Waals surface area contributed by atoms with Crippen LogP contribution in [-0.2, 0) is 27.1 Å². The van der Waals surface area contributed by atoms with Gasteiger partial charge in [-0.2, -0.15) is 13.2 Å². The van der Waals surface area contributed by atoms with E-state index in [2.05, 4.69) is 10.6 Å². The van der Waals surface area contributed by atoms with Gasteiger partial charge in [0.25, 0.3) is 5.56 Å². The fourth-order valence-electron chi connectivity index (χ4n) is 4.71. The van der Waals surface area contributed by atoms with E-state index in [4.69, 9.17) is 18.6 Å². The topological polar surface area (TPSA) is 117 Å². The molecular formula is C35H46F3N3O7Si. The quantitative estimate of drug-likeness (QED) is 0.178. The van der Waals surface area contributed by atoms with Gasteiger partial charge in [0, 0.05) is 11.6 Å². The molecule has 3 aromatic rings. The number of hydrogen-bond donors (Lipinski definition) is 2. The van der Waals surface area contributed by atoms with Crippen LogP contribution in [-0.4, -0.2) is 57.4 Å². The fourth-order valence-corrected chi connectivity index (χ4v) is 5.98. The standard InChI is InChI=1S/C35H46F3N3O7Si/c1-22(2)30(31(35(36,37)38)48-49(8,9)34(3,4)5)40-29(42)20-41-28(24-17-25(45-6)19-26(18-24)46-7)16-15-27(32(41)43)39-33(44)47-21-23-13-11-10-12-14-23/h10-19,22,30-31H,20-21H2,1-9H3,(H,39,44)(H,40,42). The molecule has 1 heterocycles. The van der Waals surface area contributed by atoms with Gasteiger partial charge < -0.3 is 24.0 Å². The molecule has 0 aliphatic carbocycles. The highest BCUT2D eigenvalue weighted by molar-refractivity contribution is 6.74. The number of halogens is 3. The zero-order valence-corrected chi connectivity index (χ0v) is 30.4. The maximum absolute atomic E-state index is 14.6. The summed E-state index contributed by atoms with van der Waals surface area (Å²) < 4.78 is 66.7. The molecule has 0 aliphatic heterocycles. The third-order valence-corrected chi connectivity index (χ3v) is 13.0. The van der Waals surface area contributed by atoms with E-state index in [-0.39, 0.29) is 18.0 Å². The predicted octanol–water partition coefficient (Wildman–Crippen LogP) is 7.37. The van der Waals surface area contributed by atoms with Crippen molar-refractivity contribution >= 4 is 26.0 Å². The summed E-state index contributed by atoms with van der Waals surface area (Å²) in [5.74, 6) is -0.777. The number of anilines is 1. The molecule has 1 aromatic heterocycles. The molecule has 0 saturated heterocycles. The van der Waals surface area contributed by atoms with Gasteiger partial charge in [0.05, 0.1) is 26.0 Å². The number of ether oxygens (including phenoxy) is 3. The zero-order valence-electron chi connectivity index (χ0n) is 29.4. The Morgan fingerprint density at radius 1 is 0.918 bits per heavy atom. The van der Waals surface area contributed by atoms with Crippen LogP contribution in [0.4, 0.5) is 23.7 Å². The van der Waals surface area contributed by atoms with Crippen molar-refractivity contribution in [3.05, 3.63) is 76.6 Å². The Labute approximate surface area is 286 Å². The number of nitrogens with zero attached hydrogens (tertiary/aromatic N) is 1. The van der Waals surface area contributed by atoms with E-state index < -0.39 is 61.7 Å². The van der Waals surface area contributed by atoms with Gasteiger partial charge in [0.1, 0.15) is 30.3 Å². The molecule has 0 aliphatic rings. The smallest absolute Gasteiger partial charge is 0.415 e. The largest absolute Gasteiger partial charge is 0.497 e. The summed E-state index contributed by atoms with van der Waals surface area (Å²) in [6.45, 7) is 11.3. The fraction of sp³-hybridized carbons (Fsp3) is 0.457. The molecule has 49 heavy (non-hydrogen) atoms. The van der Waals surface area contributed by atoms with Gasteiger partial charge in [-0.1, -0.05) is 65.0 Å². The Balaban J connectivity index is 2.02. The second-order valence-corrected chi connectivity index (χ2v) is 18.2. The third kappa shape index (κ3) is 10.3. The lowest BCUT2D eigenvalue weighted by molar-refractivity contribution is -0.210. The Kier molecular flexibility index (Phi) is 12.7. The van der Waals surface area contributed by atoms with Gasteiger partial charge in [-0.25, -0.2) is 4.79 Å². The highest BCUT2D eigenvalue weighted by Crippen LogP contribution is 2.41. The number of carbonyl (C=O) groups excluding carboxylic acids is 2. The third-order valence-electron chi connectivity index (χ3n) is 8.50. The number of rotatable bonds is 13. The van der Waals surface area contributed by atoms with Gasteiger partial charge in [-0.15, -0.1) is 0 Å². The molecule has 268 valence electrons. The Morgan fingerprint density at radius 3 is 2.02 bits per heavy atom. The molecule has 2 atom stereocenters. The maximum atomic E-state index is 14.6. The minimum atomic E-state index is -4.79. The first kappa shape index (κ1) is 39.1. The lowest BCUT2D eigenvalue weighted by Crippen LogP contribution is -2.59. The van der Waals surface area contributed by atoms with Crippen LogP contribution in [0.3, 0.4) is 0 Å². The molecule has 0 saturated carbocycles. The lowest BCUT2D eigenvalue weighted by Gasteiger charge is -2.42. The number of carbonyl (C=O) groups is 2. The van der Waals surface area contributed by atoms with Crippen LogP contribution in [0.5, 0.6) is 11.5 Å². The van der Waals surface area contributed by atoms with Crippen molar-refractivity contribution < 1.29 is 41.4 Å². The van der Waals surface area contributed by atoms with Gasteiger partial charge in [-0.3, -0.25) is 19.5 Å². The summed E-state index contributed by atoms with van der Waals surface area (Å²) in [5, 5.41) is 4.40. The molecule has 2 unspecified atom stereocenters. The molecule has 2 N–H and O–H groups in total. The molecule has 0 spiro atoms. The Morgan fingerprint density at radius 2 is 1.51 bits per heavy atom. The van der Waals surface area contributed by atoms with Crippen LogP contribution < -0.4 is 25.7 Å². The second kappa shape index (κ2) is 15.9. The van der Waals surface area contributed by atoms with E-state index >= 15 is 0 Å². The first-order chi connectivity index (χ1) is 22.8. The van der Waals surface area contributed by atoms with Gasteiger partial charge in [0.15, 0.2) is 14.4 Å². The molecule has 0 bridgehead atoms. The first-order valence-electron chi connectivity index (χ1n) is 15.8. The minimum Gasteiger partial charge on any atom is -0.497 e. The molecule has 10 nitrogen and oxygen atoms in total. The Bertz CT molecular complexity index is 1630. The number of pyridine rings is 1. The monoisotopic (exact) mass is 705 g/mol. The van der Waals surface area contributed by atoms with Crippen molar-refractivity contribution in [1.29, 1.82) is 0 Å². The SMILES string of the molecule is COc1cc(OC)cc(-c2ccc(NC(=O)OCc3ccccc3)c(=O)n2CC(=O)NC(C(C)C)C(O[Si](C)(C)C(C)(C)C)C(F)(F)F)c1. The van der Waals surface area contributed by atoms with Gasteiger partial charge >= 0.3 is 12.3 Å². The van der Waals surface area contributed by atoms with E-state index in [1.807, 2.05) is 26.8 Å². The summed E-state index contributed by atoms with van der Waals surface area (Å²) in [4.78, 5) is 40.2. The van der Waals surface area contributed by atoms with Crippen molar-refractivity contribution in [2.75, 3.05) is 19.5 Å². The summed E-state index contributed by atoms with van der Waals surface area (Å²) >= 11 is 0. The summed E-state index contributed by atoms with van der Waals surface area (Å²) in [5.41, 5.74) is 0.348. The molecule has 14 heteroatoms. The molecular weight excluding hydrogens is 659 g/mol. The Hall–Kier alpha value is -4.30. The first-order valence-corrected chi connectivity index (χ1v) is 18.7. The van der Waals surface area contributed by atoms with E-state index in [9.17, 15) is 27.6 Å².